The van der Waals surface area contributed by atoms with Crippen LogP contribution in [-0.2, 0) is 0 Å². The quantitative estimate of drug-likeness (QED) is 0.706. The molecule has 0 spiro atoms. The van der Waals surface area contributed by atoms with Crippen LogP contribution in [0.1, 0.15) is 42.9 Å². The van der Waals surface area contributed by atoms with Gasteiger partial charge in [-0.05, 0) is 44.2 Å². The third kappa shape index (κ3) is 3.78. The molecule has 5 rings (SSSR count). The predicted octanol–water partition coefficient (Wildman–Crippen LogP) is 3.58. The average molecular weight is 415 g/mol. The van der Waals surface area contributed by atoms with Crippen LogP contribution in [0.3, 0.4) is 0 Å². The molecule has 1 aliphatic carbocycles. The van der Waals surface area contributed by atoms with Crippen molar-refractivity contribution in [1.82, 2.24) is 19.7 Å². The van der Waals surface area contributed by atoms with E-state index in [-0.39, 0.29) is 19.1 Å². The normalized spacial score (nSPS) is 22.0. The van der Waals surface area contributed by atoms with Gasteiger partial charge in [0.25, 0.3) is 5.92 Å². The molecule has 9 heteroatoms. The molecule has 0 atom stereocenters. The second-order valence-electron chi connectivity index (χ2n) is 8.76. The minimum Gasteiger partial charge on any atom is -0.356 e. The van der Waals surface area contributed by atoms with Crippen LogP contribution >= 0.6 is 0 Å². The summed E-state index contributed by atoms with van der Waals surface area (Å²) in [6, 6.07) is 2.72. The Morgan fingerprint density at radius 3 is 2.53 bits per heavy atom. The summed E-state index contributed by atoms with van der Waals surface area (Å²) in [5.74, 6) is -0.971. The van der Waals surface area contributed by atoms with Gasteiger partial charge in [0, 0.05) is 37.1 Å². The van der Waals surface area contributed by atoms with E-state index in [4.69, 9.17) is 10.4 Å². The van der Waals surface area contributed by atoms with Crippen molar-refractivity contribution >= 4 is 23.5 Å². The Morgan fingerprint density at radius 2 is 1.90 bits per heavy atom. The van der Waals surface area contributed by atoms with Crippen LogP contribution in [0, 0.1) is 12.3 Å². The smallest absolute Gasteiger partial charge is 0.272 e. The minimum atomic E-state index is -2.51. The van der Waals surface area contributed by atoms with Gasteiger partial charge < -0.3 is 15.6 Å². The molecule has 160 valence electrons. The number of aryl methyl sites for hydroxylation is 1. The molecule has 2 aliphatic heterocycles. The lowest BCUT2D eigenvalue weighted by atomic mass is 9.98. The molecule has 2 N–H and O–H groups in total. The van der Waals surface area contributed by atoms with E-state index in [9.17, 15) is 8.78 Å². The number of nitrogens with zero attached hydrogens (tertiary/aromatic N) is 5. The zero-order valence-corrected chi connectivity index (χ0v) is 17.1. The van der Waals surface area contributed by atoms with Gasteiger partial charge in [-0.1, -0.05) is 0 Å². The Hall–Kier alpha value is -2.55. The van der Waals surface area contributed by atoms with E-state index in [1.807, 2.05) is 28.8 Å². The van der Waals surface area contributed by atoms with Crippen LogP contribution in [0.2, 0.25) is 0 Å². The highest BCUT2D eigenvalue weighted by Gasteiger charge is 2.47. The van der Waals surface area contributed by atoms with E-state index >= 15 is 0 Å². The molecule has 2 saturated heterocycles. The number of aromatic nitrogens is 3. The fraction of sp³-hybridized carbons (Fsp3) is 0.571. The monoisotopic (exact) mass is 415 g/mol. The molecule has 0 radical (unpaired) electrons. The van der Waals surface area contributed by atoms with Crippen LogP contribution < -0.4 is 10.2 Å². The number of hydrogen-bond donors (Lipinski definition) is 2. The summed E-state index contributed by atoms with van der Waals surface area (Å²) in [6.45, 7) is 3.39. The molecule has 7 nitrogen and oxygen atoms in total. The first-order valence-electron chi connectivity index (χ1n) is 10.6. The number of likely N-dealkylation sites (tertiary alicyclic amines) is 1. The summed E-state index contributed by atoms with van der Waals surface area (Å²) in [4.78, 5) is 8.99. The SMILES string of the molecule is Cc1cc(C=N)c(Nc2cnn(C3CC3)c2)nc1N1CCC(N2CC(F)(F)C2)CC1. The van der Waals surface area contributed by atoms with Crippen LogP contribution in [0.15, 0.2) is 18.5 Å². The molecule has 2 aromatic heterocycles. The second kappa shape index (κ2) is 7.30. The average Bonchev–Trinajstić information content (AvgIpc) is 3.46. The summed E-state index contributed by atoms with van der Waals surface area (Å²) in [6.07, 6.45) is 9.16. The molecule has 4 heterocycles. The van der Waals surface area contributed by atoms with Crippen molar-refractivity contribution in [3.63, 3.8) is 0 Å². The van der Waals surface area contributed by atoms with Crippen LogP contribution in [0.4, 0.5) is 26.1 Å². The van der Waals surface area contributed by atoms with Crippen LogP contribution in [-0.4, -0.2) is 64.0 Å². The van der Waals surface area contributed by atoms with E-state index < -0.39 is 5.92 Å². The number of halogens is 2. The molecule has 0 bridgehead atoms. The zero-order chi connectivity index (χ0) is 20.9. The number of nitrogens with one attached hydrogen (secondary N) is 2. The Morgan fingerprint density at radius 1 is 1.17 bits per heavy atom. The number of pyridine rings is 1. The fourth-order valence-corrected chi connectivity index (χ4v) is 4.48. The van der Waals surface area contributed by atoms with Crippen molar-refractivity contribution in [2.45, 2.75) is 50.6 Å². The Labute approximate surface area is 174 Å². The topological polar surface area (TPSA) is 73.1 Å². The molecular formula is C21H27F2N7. The third-order valence-corrected chi connectivity index (χ3v) is 6.31. The molecule has 0 aromatic carbocycles. The maximum atomic E-state index is 13.2. The van der Waals surface area contributed by atoms with Crippen molar-refractivity contribution < 1.29 is 8.78 Å². The first-order chi connectivity index (χ1) is 14.4. The summed E-state index contributed by atoms with van der Waals surface area (Å²) in [5, 5.41) is 15.5. The molecule has 2 aromatic rings. The Bertz CT molecular complexity index is 937. The molecule has 3 aliphatic rings. The first-order valence-corrected chi connectivity index (χ1v) is 10.6. The maximum Gasteiger partial charge on any atom is 0.272 e. The van der Waals surface area contributed by atoms with Crippen molar-refractivity contribution in [3.05, 3.63) is 29.6 Å². The van der Waals surface area contributed by atoms with Gasteiger partial charge in [-0.2, -0.15) is 5.10 Å². The summed E-state index contributed by atoms with van der Waals surface area (Å²) in [5.41, 5.74) is 2.61. The molecule has 3 fully saturated rings. The van der Waals surface area contributed by atoms with E-state index in [0.717, 1.165) is 48.6 Å². The minimum absolute atomic E-state index is 0.106. The van der Waals surface area contributed by atoms with E-state index in [1.165, 1.54) is 19.1 Å². The molecule has 30 heavy (non-hydrogen) atoms. The fourth-order valence-electron chi connectivity index (χ4n) is 4.48. The predicted molar refractivity (Wildman–Crippen MR) is 112 cm³/mol. The van der Waals surface area contributed by atoms with Gasteiger partial charge >= 0.3 is 0 Å². The molecular weight excluding hydrogens is 388 g/mol. The second-order valence-corrected chi connectivity index (χ2v) is 8.76. The molecule has 1 saturated carbocycles. The van der Waals surface area contributed by atoms with Crippen molar-refractivity contribution in [1.29, 1.82) is 5.41 Å². The van der Waals surface area contributed by atoms with Crippen LogP contribution in [0.5, 0.6) is 0 Å². The van der Waals surface area contributed by atoms with Gasteiger partial charge in [-0.15, -0.1) is 0 Å². The highest BCUT2D eigenvalue weighted by atomic mass is 19.3. The zero-order valence-electron chi connectivity index (χ0n) is 17.1. The standard InChI is InChI=1S/C21H27F2N7/c1-14-8-15(9-24)19(26-16-10-25-30(11-16)18-2-3-18)27-20(14)28-6-4-17(5-7-28)29-12-21(22,23)13-29/h8-11,17-18,24H,2-7,12-13H2,1H3,(H,26,27). The Kier molecular flexibility index (Phi) is 4.72. The Balaban J connectivity index is 1.30. The number of anilines is 3. The lowest BCUT2D eigenvalue weighted by Crippen LogP contribution is -2.61. The highest BCUT2D eigenvalue weighted by molar-refractivity contribution is 5.87. The lowest BCUT2D eigenvalue weighted by Gasteiger charge is -2.47. The van der Waals surface area contributed by atoms with Gasteiger partial charge in [0.05, 0.1) is 31.0 Å². The van der Waals surface area contributed by atoms with Crippen molar-refractivity contribution in [3.8, 4) is 0 Å². The van der Waals surface area contributed by atoms with Gasteiger partial charge in [0.15, 0.2) is 0 Å². The maximum absolute atomic E-state index is 13.2. The van der Waals surface area contributed by atoms with E-state index in [0.29, 0.717) is 11.9 Å². The summed E-state index contributed by atoms with van der Waals surface area (Å²) < 4.78 is 28.4. The van der Waals surface area contributed by atoms with Crippen molar-refractivity contribution in [2.24, 2.45) is 0 Å². The number of hydrogen-bond acceptors (Lipinski definition) is 6. The number of rotatable bonds is 6. The van der Waals surface area contributed by atoms with E-state index in [2.05, 4.69) is 15.3 Å². The first kappa shape index (κ1) is 19.4. The summed E-state index contributed by atoms with van der Waals surface area (Å²) >= 11 is 0. The summed E-state index contributed by atoms with van der Waals surface area (Å²) in [7, 11) is 0. The lowest BCUT2D eigenvalue weighted by molar-refractivity contribution is -0.148. The van der Waals surface area contributed by atoms with Crippen LogP contribution in [0.25, 0.3) is 0 Å². The number of piperidine rings is 1. The number of alkyl halides is 2. The van der Waals surface area contributed by atoms with Gasteiger partial charge in [0.1, 0.15) is 11.6 Å². The van der Waals surface area contributed by atoms with Crippen molar-refractivity contribution in [2.75, 3.05) is 36.4 Å². The van der Waals surface area contributed by atoms with Gasteiger partial charge in [0.2, 0.25) is 0 Å². The largest absolute Gasteiger partial charge is 0.356 e. The molecule has 0 unspecified atom stereocenters. The van der Waals surface area contributed by atoms with Gasteiger partial charge in [-0.3, -0.25) is 9.58 Å². The highest BCUT2D eigenvalue weighted by Crippen LogP contribution is 2.36. The third-order valence-electron chi connectivity index (χ3n) is 6.31. The van der Waals surface area contributed by atoms with E-state index in [1.54, 1.807) is 6.20 Å². The molecule has 0 amide bonds. The van der Waals surface area contributed by atoms with Gasteiger partial charge in [-0.25, -0.2) is 13.8 Å².